The zero-order valence-corrected chi connectivity index (χ0v) is 12.3. The molecule has 0 saturated carbocycles. The van der Waals surface area contributed by atoms with E-state index < -0.39 is 0 Å². The molecule has 0 aliphatic carbocycles. The first-order valence-corrected chi connectivity index (χ1v) is 7.85. The molecule has 20 heavy (non-hydrogen) atoms. The Kier molecular flexibility index (Phi) is 2.66. The third-order valence-electron chi connectivity index (χ3n) is 4.56. The van der Waals surface area contributed by atoms with E-state index >= 15 is 0 Å². The van der Waals surface area contributed by atoms with Crippen LogP contribution in [-0.2, 0) is 4.74 Å². The summed E-state index contributed by atoms with van der Waals surface area (Å²) in [5.41, 5.74) is 1.39. The van der Waals surface area contributed by atoms with Gasteiger partial charge in [0.05, 0.1) is 11.5 Å². The Balaban J connectivity index is 1.60. The van der Waals surface area contributed by atoms with Gasteiger partial charge in [0.25, 0.3) is 5.91 Å². The number of ether oxygens (including phenoxy) is 1. The van der Waals surface area contributed by atoms with E-state index in [0.29, 0.717) is 0 Å². The average Bonchev–Trinajstić information content (AvgIpc) is 3.02. The lowest BCUT2D eigenvalue weighted by Gasteiger charge is -2.47. The van der Waals surface area contributed by atoms with Gasteiger partial charge in [0.15, 0.2) is 0 Å². The van der Waals surface area contributed by atoms with Gasteiger partial charge in [-0.15, -0.1) is 11.3 Å². The molecule has 0 atom stereocenters. The molecule has 0 radical (unpaired) electrons. The van der Waals surface area contributed by atoms with Crippen molar-refractivity contribution in [2.45, 2.75) is 13.3 Å². The number of hydrogen-bond acceptors (Lipinski definition) is 3. The quantitative estimate of drug-likeness (QED) is 0.806. The van der Waals surface area contributed by atoms with E-state index in [-0.39, 0.29) is 11.3 Å². The molecule has 1 aromatic heterocycles. The number of thiophene rings is 1. The minimum absolute atomic E-state index is 0.196. The predicted molar refractivity (Wildman–Crippen MR) is 80.3 cm³/mol. The van der Waals surface area contributed by atoms with Crippen molar-refractivity contribution in [2.75, 3.05) is 26.3 Å². The normalized spacial score (nSPS) is 20.6. The number of aryl methyl sites for hydroxylation is 1. The molecule has 1 amide bonds. The number of amides is 1. The van der Waals surface area contributed by atoms with Crippen LogP contribution in [0, 0.1) is 12.3 Å². The van der Waals surface area contributed by atoms with Gasteiger partial charge in [-0.2, -0.15) is 0 Å². The Morgan fingerprint density at radius 2 is 2.15 bits per heavy atom. The van der Waals surface area contributed by atoms with Crippen LogP contribution < -0.4 is 0 Å². The standard InChI is InChI=1S/C16H17NO2S/c1-11-12-4-2-3-5-13(12)20-14(11)15(18)17-8-16(9-17)6-7-19-10-16/h2-5H,6-10H2,1H3. The summed E-state index contributed by atoms with van der Waals surface area (Å²) in [5.74, 6) is 0.196. The highest BCUT2D eigenvalue weighted by molar-refractivity contribution is 7.21. The molecule has 0 bridgehead atoms. The zero-order chi connectivity index (χ0) is 13.7. The molecule has 104 valence electrons. The van der Waals surface area contributed by atoms with Crippen LogP contribution in [0.2, 0.25) is 0 Å². The molecule has 1 spiro atoms. The summed E-state index contributed by atoms with van der Waals surface area (Å²) in [5, 5.41) is 1.21. The van der Waals surface area contributed by atoms with Crippen molar-refractivity contribution in [3.63, 3.8) is 0 Å². The Hall–Kier alpha value is -1.39. The second-order valence-corrected chi connectivity index (χ2v) is 7.07. The zero-order valence-electron chi connectivity index (χ0n) is 11.5. The third-order valence-corrected chi connectivity index (χ3v) is 5.82. The van der Waals surface area contributed by atoms with Gasteiger partial charge in [-0.3, -0.25) is 4.79 Å². The van der Waals surface area contributed by atoms with Gasteiger partial charge < -0.3 is 9.64 Å². The Labute approximate surface area is 122 Å². The maximum atomic E-state index is 12.7. The van der Waals surface area contributed by atoms with Gasteiger partial charge in [0, 0.05) is 29.8 Å². The summed E-state index contributed by atoms with van der Waals surface area (Å²) < 4.78 is 6.67. The molecule has 1 aromatic carbocycles. The van der Waals surface area contributed by atoms with E-state index in [1.165, 1.54) is 10.1 Å². The van der Waals surface area contributed by atoms with Gasteiger partial charge >= 0.3 is 0 Å². The molecule has 2 fully saturated rings. The van der Waals surface area contributed by atoms with E-state index in [2.05, 4.69) is 19.1 Å². The number of carbonyl (C=O) groups is 1. The molecule has 4 rings (SSSR count). The van der Waals surface area contributed by atoms with Gasteiger partial charge in [0.2, 0.25) is 0 Å². The number of carbonyl (C=O) groups excluding carboxylic acids is 1. The summed E-state index contributed by atoms with van der Waals surface area (Å²) >= 11 is 1.62. The third kappa shape index (κ3) is 1.71. The molecule has 4 heteroatoms. The summed E-state index contributed by atoms with van der Waals surface area (Å²) in [4.78, 5) is 15.5. The van der Waals surface area contributed by atoms with Crippen molar-refractivity contribution in [1.82, 2.24) is 4.90 Å². The highest BCUT2D eigenvalue weighted by Crippen LogP contribution is 2.40. The minimum Gasteiger partial charge on any atom is -0.381 e. The van der Waals surface area contributed by atoms with Gasteiger partial charge in [-0.25, -0.2) is 0 Å². The fourth-order valence-corrected chi connectivity index (χ4v) is 4.50. The van der Waals surface area contributed by atoms with Crippen LogP contribution in [-0.4, -0.2) is 37.1 Å². The monoisotopic (exact) mass is 287 g/mol. The van der Waals surface area contributed by atoms with Crippen LogP contribution in [0.5, 0.6) is 0 Å². The van der Waals surface area contributed by atoms with E-state index in [1.807, 2.05) is 17.0 Å². The Morgan fingerprint density at radius 3 is 2.85 bits per heavy atom. The van der Waals surface area contributed by atoms with Crippen LogP contribution >= 0.6 is 11.3 Å². The fourth-order valence-electron chi connectivity index (χ4n) is 3.33. The maximum Gasteiger partial charge on any atom is 0.264 e. The lowest BCUT2D eigenvalue weighted by Crippen LogP contribution is -2.58. The average molecular weight is 287 g/mol. The van der Waals surface area contributed by atoms with Crippen LogP contribution in [0.15, 0.2) is 24.3 Å². The second-order valence-electron chi connectivity index (χ2n) is 6.02. The van der Waals surface area contributed by atoms with E-state index in [9.17, 15) is 4.79 Å². The fraction of sp³-hybridized carbons (Fsp3) is 0.438. The number of hydrogen-bond donors (Lipinski definition) is 0. The van der Waals surface area contributed by atoms with Crippen molar-refractivity contribution in [3.05, 3.63) is 34.7 Å². The summed E-state index contributed by atoms with van der Waals surface area (Å²) in [6.07, 6.45) is 1.10. The molecule has 3 heterocycles. The summed E-state index contributed by atoms with van der Waals surface area (Å²) in [6.45, 7) is 5.45. The van der Waals surface area contributed by atoms with Crippen LogP contribution in [0.25, 0.3) is 10.1 Å². The highest BCUT2D eigenvalue weighted by atomic mass is 32.1. The molecule has 0 N–H and O–H groups in total. The first-order valence-electron chi connectivity index (χ1n) is 7.04. The van der Waals surface area contributed by atoms with Crippen molar-refractivity contribution in [3.8, 4) is 0 Å². The van der Waals surface area contributed by atoms with Crippen molar-refractivity contribution in [1.29, 1.82) is 0 Å². The van der Waals surface area contributed by atoms with Gasteiger partial charge in [-0.05, 0) is 30.4 Å². The number of benzene rings is 1. The minimum atomic E-state index is 0.196. The smallest absolute Gasteiger partial charge is 0.264 e. The van der Waals surface area contributed by atoms with Crippen molar-refractivity contribution >= 4 is 27.3 Å². The number of rotatable bonds is 1. The SMILES string of the molecule is Cc1c(C(=O)N2CC3(CCOC3)C2)sc2ccccc12. The van der Waals surface area contributed by atoms with Gasteiger partial charge in [-0.1, -0.05) is 18.2 Å². The molecule has 2 aliphatic heterocycles. The number of nitrogens with zero attached hydrogens (tertiary/aromatic N) is 1. The Bertz CT molecular complexity index is 677. The first kappa shape index (κ1) is 12.4. The molecule has 2 aromatic rings. The topological polar surface area (TPSA) is 29.5 Å². The maximum absolute atomic E-state index is 12.7. The van der Waals surface area contributed by atoms with Crippen LogP contribution in [0.3, 0.4) is 0 Å². The summed E-state index contributed by atoms with van der Waals surface area (Å²) in [6, 6.07) is 8.25. The summed E-state index contributed by atoms with van der Waals surface area (Å²) in [7, 11) is 0. The molecular formula is C16H17NO2S. The van der Waals surface area contributed by atoms with Crippen molar-refractivity contribution < 1.29 is 9.53 Å². The van der Waals surface area contributed by atoms with E-state index in [0.717, 1.165) is 43.2 Å². The van der Waals surface area contributed by atoms with Crippen molar-refractivity contribution in [2.24, 2.45) is 5.41 Å². The molecule has 0 unspecified atom stereocenters. The highest BCUT2D eigenvalue weighted by Gasteiger charge is 2.48. The van der Waals surface area contributed by atoms with E-state index in [1.54, 1.807) is 11.3 Å². The molecule has 3 nitrogen and oxygen atoms in total. The molecule has 2 saturated heterocycles. The number of likely N-dealkylation sites (tertiary alicyclic amines) is 1. The van der Waals surface area contributed by atoms with Crippen LogP contribution in [0.4, 0.5) is 0 Å². The first-order chi connectivity index (χ1) is 9.69. The van der Waals surface area contributed by atoms with Crippen LogP contribution in [0.1, 0.15) is 21.7 Å². The molecular weight excluding hydrogens is 270 g/mol. The lowest BCUT2D eigenvalue weighted by molar-refractivity contribution is 0.000671. The largest absolute Gasteiger partial charge is 0.381 e. The second kappa shape index (κ2) is 4.30. The predicted octanol–water partition coefficient (Wildman–Crippen LogP) is 3.07. The lowest BCUT2D eigenvalue weighted by atomic mass is 9.79. The number of fused-ring (bicyclic) bond motifs is 1. The van der Waals surface area contributed by atoms with E-state index in [4.69, 9.17) is 4.74 Å². The van der Waals surface area contributed by atoms with Gasteiger partial charge in [0.1, 0.15) is 0 Å². The Morgan fingerprint density at radius 1 is 1.35 bits per heavy atom. The molecule has 2 aliphatic rings.